The number of aryl methyl sites for hydroxylation is 1. The molecule has 1 atom stereocenters. The highest BCUT2D eigenvalue weighted by Crippen LogP contribution is 2.41. The van der Waals surface area contributed by atoms with Gasteiger partial charge in [0.25, 0.3) is 0 Å². The number of aliphatic hydroxyl groups excluding tert-OH is 1. The number of hydrogen-bond acceptors (Lipinski definition) is 4. The molecule has 4 nitrogen and oxygen atoms in total. The van der Waals surface area contributed by atoms with Gasteiger partial charge in [-0.1, -0.05) is 11.6 Å². The molecule has 0 heterocycles. The van der Waals surface area contributed by atoms with E-state index in [0.29, 0.717) is 22.1 Å². The van der Waals surface area contributed by atoms with Crippen molar-refractivity contribution in [2.24, 2.45) is 5.73 Å². The van der Waals surface area contributed by atoms with Crippen LogP contribution in [0.5, 0.6) is 11.5 Å². The van der Waals surface area contributed by atoms with Crippen LogP contribution in [0.4, 0.5) is 0 Å². The summed E-state index contributed by atoms with van der Waals surface area (Å²) in [6.07, 6.45) is -0.865. The predicted molar refractivity (Wildman–Crippen MR) is 63.3 cm³/mol. The first kappa shape index (κ1) is 13.1. The van der Waals surface area contributed by atoms with Crippen LogP contribution in [0.15, 0.2) is 6.07 Å². The molecule has 0 fully saturated rings. The van der Waals surface area contributed by atoms with Crippen LogP contribution in [0, 0.1) is 6.92 Å². The molecule has 16 heavy (non-hydrogen) atoms. The second-order valence-electron chi connectivity index (χ2n) is 3.41. The fourth-order valence-corrected chi connectivity index (χ4v) is 1.81. The van der Waals surface area contributed by atoms with E-state index in [4.69, 9.17) is 26.8 Å². The summed E-state index contributed by atoms with van der Waals surface area (Å²) in [4.78, 5) is 0. The average Bonchev–Trinajstić information content (AvgIpc) is 2.30. The Morgan fingerprint density at radius 1 is 1.44 bits per heavy atom. The maximum absolute atomic E-state index is 9.82. The summed E-state index contributed by atoms with van der Waals surface area (Å²) in [5, 5.41) is 10.3. The monoisotopic (exact) mass is 245 g/mol. The zero-order chi connectivity index (χ0) is 12.3. The fraction of sp³-hybridized carbons (Fsp3) is 0.455. The van der Waals surface area contributed by atoms with Gasteiger partial charge in [-0.3, -0.25) is 0 Å². The van der Waals surface area contributed by atoms with Crippen LogP contribution in [0.2, 0.25) is 5.02 Å². The Labute approximate surface area is 99.9 Å². The van der Waals surface area contributed by atoms with Crippen molar-refractivity contribution in [3.05, 3.63) is 22.2 Å². The van der Waals surface area contributed by atoms with Crippen molar-refractivity contribution in [3.63, 3.8) is 0 Å². The molecule has 0 aromatic heterocycles. The van der Waals surface area contributed by atoms with Gasteiger partial charge in [-0.25, -0.2) is 0 Å². The zero-order valence-corrected chi connectivity index (χ0v) is 10.3. The Kier molecular flexibility index (Phi) is 4.41. The molecule has 0 aliphatic carbocycles. The van der Waals surface area contributed by atoms with Gasteiger partial charge >= 0.3 is 0 Å². The molecule has 3 N–H and O–H groups in total. The number of nitrogens with two attached hydrogens (primary N) is 1. The van der Waals surface area contributed by atoms with Crippen molar-refractivity contribution in [3.8, 4) is 11.5 Å². The van der Waals surface area contributed by atoms with Gasteiger partial charge in [-0.05, 0) is 18.6 Å². The molecule has 0 aliphatic rings. The maximum atomic E-state index is 9.82. The predicted octanol–water partition coefficient (Wildman–Crippen LogP) is 1.66. The van der Waals surface area contributed by atoms with E-state index in [0.717, 1.165) is 5.56 Å². The van der Waals surface area contributed by atoms with Crippen molar-refractivity contribution in [2.45, 2.75) is 13.0 Å². The quantitative estimate of drug-likeness (QED) is 0.847. The van der Waals surface area contributed by atoms with Gasteiger partial charge in [0.15, 0.2) is 11.5 Å². The minimum Gasteiger partial charge on any atom is -0.493 e. The van der Waals surface area contributed by atoms with E-state index in [2.05, 4.69) is 0 Å². The van der Waals surface area contributed by atoms with E-state index in [-0.39, 0.29) is 6.54 Å². The molecule has 0 bridgehead atoms. The maximum Gasteiger partial charge on any atom is 0.168 e. The van der Waals surface area contributed by atoms with E-state index in [1.165, 1.54) is 14.2 Å². The Morgan fingerprint density at radius 2 is 2.06 bits per heavy atom. The van der Waals surface area contributed by atoms with Crippen molar-refractivity contribution >= 4 is 11.6 Å². The van der Waals surface area contributed by atoms with E-state index < -0.39 is 6.10 Å². The van der Waals surface area contributed by atoms with Crippen LogP contribution in [-0.4, -0.2) is 25.9 Å². The summed E-state index contributed by atoms with van der Waals surface area (Å²) in [5.74, 6) is 0.961. The Hall–Kier alpha value is -0.970. The molecule has 1 rings (SSSR count). The molecule has 0 spiro atoms. The largest absolute Gasteiger partial charge is 0.493 e. The van der Waals surface area contributed by atoms with Gasteiger partial charge in [0.2, 0.25) is 0 Å². The fourth-order valence-electron chi connectivity index (χ4n) is 1.55. The lowest BCUT2D eigenvalue weighted by Crippen LogP contribution is -2.14. The molecule has 0 saturated heterocycles. The topological polar surface area (TPSA) is 64.7 Å². The molecular formula is C11H16ClNO3. The van der Waals surface area contributed by atoms with Crippen molar-refractivity contribution in [1.29, 1.82) is 0 Å². The summed E-state index contributed by atoms with van der Waals surface area (Å²) in [7, 11) is 3.03. The van der Waals surface area contributed by atoms with Crippen LogP contribution >= 0.6 is 11.6 Å². The number of rotatable bonds is 4. The smallest absolute Gasteiger partial charge is 0.168 e. The highest BCUT2D eigenvalue weighted by molar-refractivity contribution is 6.32. The Bertz CT molecular complexity index is 382. The highest BCUT2D eigenvalue weighted by Gasteiger charge is 2.21. The van der Waals surface area contributed by atoms with Crippen LogP contribution in [-0.2, 0) is 0 Å². The molecule has 0 saturated carbocycles. The van der Waals surface area contributed by atoms with Crippen LogP contribution < -0.4 is 15.2 Å². The molecule has 1 unspecified atom stereocenters. The third-order valence-corrected chi connectivity index (χ3v) is 2.88. The van der Waals surface area contributed by atoms with Gasteiger partial charge in [-0.2, -0.15) is 0 Å². The second-order valence-corrected chi connectivity index (χ2v) is 3.79. The van der Waals surface area contributed by atoms with Gasteiger partial charge in [0.05, 0.1) is 25.3 Å². The molecule has 0 amide bonds. The lowest BCUT2D eigenvalue weighted by atomic mass is 10.0. The van der Waals surface area contributed by atoms with Crippen molar-refractivity contribution < 1.29 is 14.6 Å². The number of aliphatic hydroxyl groups is 1. The third-order valence-electron chi connectivity index (χ3n) is 2.38. The van der Waals surface area contributed by atoms with E-state index in [9.17, 15) is 5.11 Å². The van der Waals surface area contributed by atoms with E-state index in [1.54, 1.807) is 6.07 Å². The molecular weight excluding hydrogens is 230 g/mol. The van der Waals surface area contributed by atoms with Crippen molar-refractivity contribution in [1.82, 2.24) is 0 Å². The first-order valence-electron chi connectivity index (χ1n) is 4.85. The van der Waals surface area contributed by atoms with Gasteiger partial charge in [0.1, 0.15) is 0 Å². The molecule has 5 heteroatoms. The Morgan fingerprint density at radius 3 is 2.50 bits per heavy atom. The molecule has 0 radical (unpaired) electrons. The third kappa shape index (κ3) is 2.24. The van der Waals surface area contributed by atoms with Crippen LogP contribution in [0.3, 0.4) is 0 Å². The molecule has 1 aromatic rings. The van der Waals surface area contributed by atoms with E-state index in [1.807, 2.05) is 6.92 Å². The highest BCUT2D eigenvalue weighted by atomic mass is 35.5. The van der Waals surface area contributed by atoms with E-state index >= 15 is 0 Å². The molecule has 90 valence electrons. The summed E-state index contributed by atoms with van der Waals surface area (Å²) in [5.41, 5.74) is 6.72. The van der Waals surface area contributed by atoms with Gasteiger partial charge in [-0.15, -0.1) is 0 Å². The Balaban J connectivity index is 3.46. The number of hydrogen-bond donors (Lipinski definition) is 2. The standard InChI is InChI=1S/C11H16ClNO3/c1-6-4-8(15-2)11(16-3)9(10(6)12)7(14)5-13/h4,7,14H,5,13H2,1-3H3. The molecule has 1 aromatic carbocycles. The minimum absolute atomic E-state index is 0.0721. The minimum atomic E-state index is -0.865. The van der Waals surface area contributed by atoms with Crippen molar-refractivity contribution in [2.75, 3.05) is 20.8 Å². The number of halogens is 1. The summed E-state index contributed by atoms with van der Waals surface area (Å²) in [6.45, 7) is 1.90. The molecule has 0 aliphatic heterocycles. The summed E-state index contributed by atoms with van der Waals surface area (Å²) in [6, 6.07) is 1.76. The van der Waals surface area contributed by atoms with Crippen LogP contribution in [0.1, 0.15) is 17.2 Å². The van der Waals surface area contributed by atoms with Gasteiger partial charge < -0.3 is 20.3 Å². The first-order chi connectivity index (χ1) is 7.56. The summed E-state index contributed by atoms with van der Waals surface area (Å²) < 4.78 is 10.4. The SMILES string of the molecule is COc1cc(C)c(Cl)c(C(O)CN)c1OC. The second kappa shape index (κ2) is 5.39. The zero-order valence-electron chi connectivity index (χ0n) is 9.58. The number of benzene rings is 1. The van der Waals surface area contributed by atoms with Crippen LogP contribution in [0.25, 0.3) is 0 Å². The summed E-state index contributed by atoms with van der Waals surface area (Å²) >= 11 is 6.13. The lowest BCUT2D eigenvalue weighted by molar-refractivity contribution is 0.181. The number of ether oxygens (including phenoxy) is 2. The van der Waals surface area contributed by atoms with Gasteiger partial charge in [0, 0.05) is 12.1 Å². The normalized spacial score (nSPS) is 12.4. The first-order valence-corrected chi connectivity index (χ1v) is 5.23. The number of methoxy groups -OCH3 is 2. The lowest BCUT2D eigenvalue weighted by Gasteiger charge is -2.19. The average molecular weight is 246 g/mol.